The Labute approximate surface area is 96.2 Å². The maximum absolute atomic E-state index is 10.5. The highest BCUT2D eigenvalue weighted by Gasteiger charge is 2.32. The van der Waals surface area contributed by atoms with Crippen LogP contribution in [0.4, 0.5) is 0 Å². The van der Waals surface area contributed by atoms with Gasteiger partial charge in [-0.1, -0.05) is 38.0 Å². The molecule has 2 nitrogen and oxygen atoms in total. The third-order valence-corrected chi connectivity index (χ3v) is 3.46. The van der Waals surface area contributed by atoms with E-state index in [-0.39, 0.29) is 5.75 Å². The van der Waals surface area contributed by atoms with E-state index in [4.69, 9.17) is 0 Å². The second kappa shape index (κ2) is 4.30. The molecule has 0 aromatic heterocycles. The summed E-state index contributed by atoms with van der Waals surface area (Å²) in [6.07, 6.45) is 4.92. The molecule has 0 radical (unpaired) electrons. The highest BCUT2D eigenvalue weighted by atomic mass is 16.3. The maximum Gasteiger partial charge on any atom is 0.115 e. The van der Waals surface area contributed by atoms with E-state index in [1.54, 1.807) is 12.1 Å². The molecule has 0 amide bonds. The molecule has 16 heavy (non-hydrogen) atoms. The van der Waals surface area contributed by atoms with Crippen LogP contribution in [0, 0.1) is 0 Å². The summed E-state index contributed by atoms with van der Waals surface area (Å²) in [6.45, 7) is 4.02. The van der Waals surface area contributed by atoms with Gasteiger partial charge in [0.2, 0.25) is 0 Å². The van der Waals surface area contributed by atoms with Gasteiger partial charge in [0.05, 0.1) is 5.60 Å². The number of aromatic hydroxyl groups is 1. The Balaban J connectivity index is 2.20. The monoisotopic (exact) mass is 218 g/mol. The van der Waals surface area contributed by atoms with Crippen molar-refractivity contribution in [3.8, 4) is 5.75 Å². The summed E-state index contributed by atoms with van der Waals surface area (Å²) in [5, 5.41) is 19.7. The van der Waals surface area contributed by atoms with E-state index in [2.05, 4.69) is 6.58 Å². The van der Waals surface area contributed by atoms with Crippen molar-refractivity contribution in [2.24, 2.45) is 0 Å². The van der Waals surface area contributed by atoms with Crippen molar-refractivity contribution in [2.45, 2.75) is 37.7 Å². The average molecular weight is 218 g/mol. The van der Waals surface area contributed by atoms with E-state index in [0.717, 1.165) is 36.8 Å². The summed E-state index contributed by atoms with van der Waals surface area (Å²) in [5.41, 5.74) is 0.962. The lowest BCUT2D eigenvalue weighted by molar-refractivity contribution is 0.0616. The second-order valence-corrected chi connectivity index (χ2v) is 4.62. The van der Waals surface area contributed by atoms with Crippen molar-refractivity contribution in [1.29, 1.82) is 0 Å². The summed E-state index contributed by atoms with van der Waals surface area (Å²) < 4.78 is 0. The molecule has 0 spiro atoms. The Bertz CT molecular complexity index is 372. The van der Waals surface area contributed by atoms with E-state index in [0.29, 0.717) is 0 Å². The van der Waals surface area contributed by atoms with Crippen LogP contribution >= 0.6 is 0 Å². The van der Waals surface area contributed by atoms with E-state index < -0.39 is 5.60 Å². The minimum Gasteiger partial charge on any atom is -0.508 e. The van der Waals surface area contributed by atoms with Crippen LogP contribution in [0.1, 0.15) is 37.7 Å². The molecule has 1 aliphatic rings. The first-order chi connectivity index (χ1) is 7.62. The van der Waals surface area contributed by atoms with Gasteiger partial charge in [-0.2, -0.15) is 0 Å². The largest absolute Gasteiger partial charge is 0.508 e. The normalized spacial score (nSPS) is 19.3. The first-order valence-corrected chi connectivity index (χ1v) is 5.83. The van der Waals surface area contributed by atoms with Gasteiger partial charge in [0.15, 0.2) is 0 Å². The predicted octanol–water partition coefficient (Wildman–Crippen LogP) is 3.10. The van der Waals surface area contributed by atoms with Crippen molar-refractivity contribution < 1.29 is 10.2 Å². The summed E-state index contributed by atoms with van der Waals surface area (Å²) in [6, 6.07) is 6.88. The number of hydrogen-bond donors (Lipinski definition) is 2. The molecule has 2 N–H and O–H groups in total. The van der Waals surface area contributed by atoms with Crippen molar-refractivity contribution in [2.75, 3.05) is 0 Å². The molecule has 1 saturated carbocycles. The molecule has 0 heterocycles. The molecule has 1 aromatic carbocycles. The summed E-state index contributed by atoms with van der Waals surface area (Å²) in [4.78, 5) is 0. The number of hydrogen-bond acceptors (Lipinski definition) is 2. The zero-order valence-corrected chi connectivity index (χ0v) is 9.45. The van der Waals surface area contributed by atoms with E-state index in [1.807, 2.05) is 12.1 Å². The van der Waals surface area contributed by atoms with Gasteiger partial charge in [-0.3, -0.25) is 0 Å². The smallest absolute Gasteiger partial charge is 0.115 e. The molecule has 0 unspecified atom stereocenters. The molecule has 1 aromatic rings. The van der Waals surface area contributed by atoms with Crippen molar-refractivity contribution in [3.05, 3.63) is 36.4 Å². The summed E-state index contributed by atoms with van der Waals surface area (Å²) in [5.74, 6) is 0.243. The van der Waals surface area contributed by atoms with Crippen LogP contribution in [0.5, 0.6) is 5.75 Å². The average Bonchev–Trinajstić information content (AvgIpc) is 2.30. The Morgan fingerprint density at radius 2 is 1.62 bits per heavy atom. The predicted molar refractivity (Wildman–Crippen MR) is 65.2 cm³/mol. The molecule has 2 rings (SSSR count). The fraction of sp³-hybridized carbons (Fsp3) is 0.429. The second-order valence-electron chi connectivity index (χ2n) is 4.62. The fourth-order valence-corrected chi connectivity index (χ4v) is 2.37. The van der Waals surface area contributed by atoms with Gasteiger partial charge in [0, 0.05) is 0 Å². The van der Waals surface area contributed by atoms with Gasteiger partial charge in [-0.15, -0.1) is 0 Å². The molecule has 0 bridgehead atoms. The number of rotatable bonds is 2. The topological polar surface area (TPSA) is 40.5 Å². The molecule has 1 aliphatic carbocycles. The van der Waals surface area contributed by atoms with E-state index in [1.165, 1.54) is 6.42 Å². The summed E-state index contributed by atoms with van der Waals surface area (Å²) >= 11 is 0. The molecule has 2 heteroatoms. The lowest BCUT2D eigenvalue weighted by Gasteiger charge is -2.34. The highest BCUT2D eigenvalue weighted by molar-refractivity contribution is 5.70. The molecular formula is C14H18O2. The quantitative estimate of drug-likeness (QED) is 0.800. The molecule has 86 valence electrons. The minimum absolute atomic E-state index is 0.243. The Kier molecular flexibility index (Phi) is 3.01. The first-order valence-electron chi connectivity index (χ1n) is 5.83. The lowest BCUT2D eigenvalue weighted by atomic mass is 9.77. The SMILES string of the molecule is C=C(c1ccc(O)cc1)C1(O)CCCCC1. The molecule has 0 aliphatic heterocycles. The fourth-order valence-electron chi connectivity index (χ4n) is 2.37. The van der Waals surface area contributed by atoms with Gasteiger partial charge in [0.1, 0.15) is 5.75 Å². The van der Waals surface area contributed by atoms with Gasteiger partial charge < -0.3 is 10.2 Å². The minimum atomic E-state index is -0.741. The van der Waals surface area contributed by atoms with Crippen molar-refractivity contribution >= 4 is 5.57 Å². The number of phenols is 1. The van der Waals surface area contributed by atoms with Crippen LogP contribution in [0.3, 0.4) is 0 Å². The molecule has 0 atom stereocenters. The van der Waals surface area contributed by atoms with E-state index in [9.17, 15) is 10.2 Å². The summed E-state index contributed by atoms with van der Waals surface area (Å²) in [7, 11) is 0. The molecule has 1 fully saturated rings. The number of aliphatic hydroxyl groups is 1. The third kappa shape index (κ3) is 2.12. The van der Waals surface area contributed by atoms with Gasteiger partial charge >= 0.3 is 0 Å². The van der Waals surface area contributed by atoms with Crippen LogP contribution in [0.15, 0.2) is 30.8 Å². The Hall–Kier alpha value is -1.28. The maximum atomic E-state index is 10.5. The zero-order valence-electron chi connectivity index (χ0n) is 9.45. The van der Waals surface area contributed by atoms with Crippen LogP contribution in [0.25, 0.3) is 5.57 Å². The first kappa shape index (κ1) is 11.2. The van der Waals surface area contributed by atoms with Crippen LogP contribution in [-0.4, -0.2) is 15.8 Å². The Morgan fingerprint density at radius 1 is 1.06 bits per heavy atom. The van der Waals surface area contributed by atoms with Crippen LogP contribution in [0.2, 0.25) is 0 Å². The standard InChI is InChI=1S/C14H18O2/c1-11(12-5-7-13(15)8-6-12)14(16)9-3-2-4-10-14/h5-8,15-16H,1-4,9-10H2. The third-order valence-electron chi connectivity index (χ3n) is 3.46. The molecule has 0 saturated heterocycles. The van der Waals surface area contributed by atoms with Crippen molar-refractivity contribution in [3.63, 3.8) is 0 Å². The zero-order chi connectivity index (χ0) is 11.6. The van der Waals surface area contributed by atoms with Crippen LogP contribution in [-0.2, 0) is 0 Å². The van der Waals surface area contributed by atoms with Crippen LogP contribution < -0.4 is 0 Å². The van der Waals surface area contributed by atoms with Gasteiger partial charge in [-0.05, 0) is 36.1 Å². The Morgan fingerprint density at radius 3 is 2.19 bits per heavy atom. The lowest BCUT2D eigenvalue weighted by Crippen LogP contribution is -2.32. The van der Waals surface area contributed by atoms with E-state index >= 15 is 0 Å². The van der Waals surface area contributed by atoms with Gasteiger partial charge in [-0.25, -0.2) is 0 Å². The number of phenolic OH excluding ortho intramolecular Hbond substituents is 1. The molecular weight excluding hydrogens is 200 g/mol. The number of benzene rings is 1. The van der Waals surface area contributed by atoms with Crippen molar-refractivity contribution in [1.82, 2.24) is 0 Å². The van der Waals surface area contributed by atoms with Gasteiger partial charge in [0.25, 0.3) is 0 Å². The highest BCUT2D eigenvalue weighted by Crippen LogP contribution is 2.38.